The molecule has 2 heterocycles. The molecule has 0 saturated carbocycles. The lowest BCUT2D eigenvalue weighted by atomic mass is 10.2. The van der Waals surface area contributed by atoms with Gasteiger partial charge in [-0.25, -0.2) is 4.68 Å². The molecular weight excluding hydrogens is 372 g/mol. The summed E-state index contributed by atoms with van der Waals surface area (Å²) in [7, 11) is 0. The Balaban J connectivity index is 1.49. The summed E-state index contributed by atoms with van der Waals surface area (Å²) in [5.41, 5.74) is 3.85. The van der Waals surface area contributed by atoms with Crippen LogP contribution in [0.3, 0.4) is 0 Å². The molecule has 8 heteroatoms. The molecule has 146 valence electrons. The highest BCUT2D eigenvalue weighted by molar-refractivity contribution is 7.98. The fraction of sp³-hybridized carbons (Fsp3) is 0.300. The number of amides is 1. The summed E-state index contributed by atoms with van der Waals surface area (Å²) in [6, 6.07) is 11.3. The van der Waals surface area contributed by atoms with E-state index in [1.165, 1.54) is 0 Å². The van der Waals surface area contributed by atoms with Crippen LogP contribution in [0.15, 0.2) is 41.3 Å². The number of hydrogen-bond donors (Lipinski definition) is 2. The molecule has 0 fully saturated rings. The van der Waals surface area contributed by atoms with Gasteiger partial charge in [-0.2, -0.15) is 5.10 Å². The number of anilines is 1. The largest absolute Gasteiger partial charge is 0.367 e. The summed E-state index contributed by atoms with van der Waals surface area (Å²) in [6.07, 6.45) is 2.01. The minimum atomic E-state index is -0.0872. The fourth-order valence-electron chi connectivity index (χ4n) is 2.69. The van der Waals surface area contributed by atoms with Crippen molar-refractivity contribution in [3.05, 3.63) is 58.9 Å². The van der Waals surface area contributed by atoms with Crippen molar-refractivity contribution in [3.8, 4) is 5.82 Å². The highest BCUT2D eigenvalue weighted by atomic mass is 32.2. The van der Waals surface area contributed by atoms with Crippen LogP contribution in [0.4, 0.5) is 5.82 Å². The summed E-state index contributed by atoms with van der Waals surface area (Å²) in [4.78, 5) is 13.3. The topological polar surface area (TPSA) is 84.7 Å². The molecule has 7 nitrogen and oxygen atoms in total. The van der Waals surface area contributed by atoms with Crippen molar-refractivity contribution in [2.24, 2.45) is 0 Å². The molecule has 0 aliphatic rings. The molecule has 28 heavy (non-hydrogen) atoms. The molecule has 0 saturated heterocycles. The smallest absolute Gasteiger partial charge is 0.251 e. The van der Waals surface area contributed by atoms with E-state index >= 15 is 0 Å². The number of carbonyl (C=O) groups is 1. The number of carbonyl (C=O) groups excluding carboxylic acids is 1. The summed E-state index contributed by atoms with van der Waals surface area (Å²) in [5.74, 6) is 1.25. The predicted molar refractivity (Wildman–Crippen MR) is 112 cm³/mol. The zero-order chi connectivity index (χ0) is 20.1. The second kappa shape index (κ2) is 8.88. The maximum atomic E-state index is 12.1. The third kappa shape index (κ3) is 4.51. The third-order valence-corrected chi connectivity index (χ3v) is 5.33. The van der Waals surface area contributed by atoms with Crippen molar-refractivity contribution < 1.29 is 4.79 Å². The molecule has 2 aromatic heterocycles. The van der Waals surface area contributed by atoms with Gasteiger partial charge in [-0.05, 0) is 69.0 Å². The lowest BCUT2D eigenvalue weighted by Crippen LogP contribution is -2.28. The fourth-order valence-corrected chi connectivity index (χ4v) is 3.10. The van der Waals surface area contributed by atoms with E-state index in [0.29, 0.717) is 30.3 Å². The van der Waals surface area contributed by atoms with E-state index in [9.17, 15) is 4.79 Å². The molecule has 0 radical (unpaired) electrons. The Bertz CT molecular complexity index is 950. The molecule has 1 amide bonds. The van der Waals surface area contributed by atoms with Crippen LogP contribution in [0.2, 0.25) is 0 Å². The highest BCUT2D eigenvalue weighted by Crippen LogP contribution is 2.16. The Labute approximate surface area is 168 Å². The molecule has 0 unspecified atom stereocenters. The van der Waals surface area contributed by atoms with Crippen LogP contribution in [0, 0.1) is 20.8 Å². The van der Waals surface area contributed by atoms with Gasteiger partial charge in [-0.15, -0.1) is 22.0 Å². The Morgan fingerprint density at radius 2 is 1.79 bits per heavy atom. The van der Waals surface area contributed by atoms with E-state index in [1.807, 2.05) is 63.4 Å². The molecule has 3 rings (SSSR count). The van der Waals surface area contributed by atoms with E-state index in [2.05, 4.69) is 25.9 Å². The van der Waals surface area contributed by atoms with Gasteiger partial charge in [0, 0.05) is 29.2 Å². The Kier molecular flexibility index (Phi) is 6.30. The van der Waals surface area contributed by atoms with E-state index in [1.54, 1.807) is 16.4 Å². The van der Waals surface area contributed by atoms with E-state index in [0.717, 1.165) is 21.8 Å². The average molecular weight is 397 g/mol. The first-order valence-corrected chi connectivity index (χ1v) is 10.2. The van der Waals surface area contributed by atoms with Crippen molar-refractivity contribution in [3.63, 3.8) is 0 Å². The van der Waals surface area contributed by atoms with Crippen molar-refractivity contribution in [1.29, 1.82) is 0 Å². The third-order valence-electron chi connectivity index (χ3n) is 4.59. The summed E-state index contributed by atoms with van der Waals surface area (Å²) < 4.78 is 1.80. The Morgan fingerprint density at radius 3 is 2.36 bits per heavy atom. The number of thioether (sulfide) groups is 1. The van der Waals surface area contributed by atoms with Crippen LogP contribution in [0.1, 0.15) is 27.3 Å². The molecule has 0 spiro atoms. The van der Waals surface area contributed by atoms with Gasteiger partial charge >= 0.3 is 0 Å². The van der Waals surface area contributed by atoms with Crippen LogP contribution in [-0.4, -0.2) is 45.2 Å². The van der Waals surface area contributed by atoms with Crippen molar-refractivity contribution in [2.75, 3.05) is 24.7 Å². The lowest BCUT2D eigenvalue weighted by molar-refractivity contribution is 0.0955. The zero-order valence-corrected chi connectivity index (χ0v) is 17.3. The maximum absolute atomic E-state index is 12.1. The maximum Gasteiger partial charge on any atom is 0.251 e. The monoisotopic (exact) mass is 396 g/mol. The summed E-state index contributed by atoms with van der Waals surface area (Å²) in [6.45, 7) is 7.09. The minimum absolute atomic E-state index is 0.0872. The normalized spacial score (nSPS) is 10.7. The Hall–Kier alpha value is -2.87. The average Bonchev–Trinajstić information content (AvgIpc) is 2.99. The van der Waals surface area contributed by atoms with Crippen LogP contribution in [0.25, 0.3) is 5.82 Å². The van der Waals surface area contributed by atoms with Crippen molar-refractivity contribution in [1.82, 2.24) is 25.3 Å². The van der Waals surface area contributed by atoms with E-state index < -0.39 is 0 Å². The zero-order valence-electron chi connectivity index (χ0n) is 16.5. The van der Waals surface area contributed by atoms with Gasteiger partial charge in [0.1, 0.15) is 5.82 Å². The number of rotatable bonds is 7. The molecule has 2 N–H and O–H groups in total. The lowest BCUT2D eigenvalue weighted by Gasteiger charge is -2.08. The molecule has 0 aliphatic heterocycles. The van der Waals surface area contributed by atoms with E-state index in [-0.39, 0.29) is 5.91 Å². The molecule has 1 aromatic carbocycles. The number of hydrogen-bond acceptors (Lipinski definition) is 6. The first-order chi connectivity index (χ1) is 13.5. The molecule has 3 aromatic rings. The van der Waals surface area contributed by atoms with Gasteiger partial charge in [0.05, 0.1) is 5.69 Å². The van der Waals surface area contributed by atoms with Gasteiger partial charge in [0.2, 0.25) is 0 Å². The number of benzene rings is 1. The van der Waals surface area contributed by atoms with E-state index in [4.69, 9.17) is 0 Å². The Morgan fingerprint density at radius 1 is 1.04 bits per heavy atom. The second-order valence-corrected chi connectivity index (χ2v) is 7.28. The summed E-state index contributed by atoms with van der Waals surface area (Å²) >= 11 is 1.65. The van der Waals surface area contributed by atoms with Gasteiger partial charge in [0.15, 0.2) is 5.82 Å². The molecular formula is C20H24N6OS. The van der Waals surface area contributed by atoms with Crippen molar-refractivity contribution >= 4 is 23.5 Å². The first kappa shape index (κ1) is 19.9. The summed E-state index contributed by atoms with van der Waals surface area (Å²) in [5, 5.41) is 19.0. The molecule has 0 bridgehead atoms. The van der Waals surface area contributed by atoms with Crippen LogP contribution >= 0.6 is 11.8 Å². The molecule has 0 atom stereocenters. The first-order valence-electron chi connectivity index (χ1n) is 9.02. The SMILES string of the molecule is CSc1ccc(C(=O)NCCNc2ccc(-n3nc(C)c(C)c3C)nn2)cc1. The quantitative estimate of drug-likeness (QED) is 0.471. The second-order valence-electron chi connectivity index (χ2n) is 6.40. The number of aryl methyl sites for hydroxylation is 1. The van der Waals surface area contributed by atoms with Crippen molar-refractivity contribution in [2.45, 2.75) is 25.7 Å². The van der Waals surface area contributed by atoms with Crippen LogP contribution in [-0.2, 0) is 0 Å². The minimum Gasteiger partial charge on any atom is -0.367 e. The van der Waals surface area contributed by atoms with Gasteiger partial charge in [-0.1, -0.05) is 0 Å². The number of aromatic nitrogens is 4. The number of nitrogens with one attached hydrogen (secondary N) is 2. The van der Waals surface area contributed by atoms with Crippen LogP contribution in [0.5, 0.6) is 0 Å². The van der Waals surface area contributed by atoms with Gasteiger partial charge in [-0.3, -0.25) is 4.79 Å². The van der Waals surface area contributed by atoms with Gasteiger partial charge < -0.3 is 10.6 Å². The number of nitrogens with zero attached hydrogens (tertiary/aromatic N) is 4. The standard InChI is InChI=1S/C20H24N6OS/c1-13-14(2)25-26(15(13)3)19-10-9-18(23-24-19)21-11-12-22-20(27)16-5-7-17(28-4)8-6-16/h5-10H,11-12H2,1-4H3,(H,21,23)(H,22,27). The van der Waals surface area contributed by atoms with Gasteiger partial charge in [0.25, 0.3) is 5.91 Å². The van der Waals surface area contributed by atoms with Crippen LogP contribution < -0.4 is 10.6 Å². The molecule has 0 aliphatic carbocycles. The highest BCUT2D eigenvalue weighted by Gasteiger charge is 2.10. The predicted octanol–water partition coefficient (Wildman–Crippen LogP) is 3.15.